The van der Waals surface area contributed by atoms with Gasteiger partial charge in [-0.3, -0.25) is 9.69 Å². The van der Waals surface area contributed by atoms with Gasteiger partial charge >= 0.3 is 0 Å². The van der Waals surface area contributed by atoms with Crippen molar-refractivity contribution in [2.45, 2.75) is 45.8 Å². The minimum atomic E-state index is -0.630. The molecule has 0 unspecified atom stereocenters. The number of likely N-dealkylation sites (N-methyl/N-ethyl adjacent to an activating group) is 1. The number of pyridine rings is 1. The Morgan fingerprint density at radius 1 is 1.43 bits per heavy atom. The van der Waals surface area contributed by atoms with Gasteiger partial charge in [-0.2, -0.15) is 0 Å². The Labute approximate surface area is 126 Å². The number of aromatic nitrogens is 1. The summed E-state index contributed by atoms with van der Waals surface area (Å²) < 4.78 is 7.03. The number of methoxy groups -OCH3 is 1. The summed E-state index contributed by atoms with van der Waals surface area (Å²) in [5.74, 6) is 0. The normalized spacial score (nSPS) is 16.0. The molecular weight excluding hydrogens is 266 g/mol. The second kappa shape index (κ2) is 6.30. The van der Waals surface area contributed by atoms with E-state index in [4.69, 9.17) is 10.5 Å². The predicted octanol–water partition coefficient (Wildman–Crippen LogP) is 1.07. The summed E-state index contributed by atoms with van der Waals surface area (Å²) in [6, 6.07) is 2.02. The molecule has 0 aromatic carbocycles. The van der Waals surface area contributed by atoms with Gasteiger partial charge in [-0.15, -0.1) is 0 Å². The van der Waals surface area contributed by atoms with Crippen molar-refractivity contribution in [3.63, 3.8) is 0 Å². The van der Waals surface area contributed by atoms with Crippen molar-refractivity contribution in [1.82, 2.24) is 9.47 Å². The maximum absolute atomic E-state index is 12.8. The van der Waals surface area contributed by atoms with Gasteiger partial charge in [0.2, 0.25) is 0 Å². The molecule has 0 amide bonds. The zero-order valence-electron chi connectivity index (χ0n) is 13.6. The number of hydrogen-bond donors (Lipinski definition) is 1. The molecule has 2 heterocycles. The van der Waals surface area contributed by atoms with Crippen LogP contribution >= 0.6 is 0 Å². The lowest BCUT2D eigenvalue weighted by molar-refractivity contribution is 0.182. The SMILES string of the molecule is CCN1CCc2c(cc(C(C)(C)N)c(=O)n2CCOC)C1. The Morgan fingerprint density at radius 2 is 2.14 bits per heavy atom. The van der Waals surface area contributed by atoms with Gasteiger partial charge in [0.05, 0.1) is 6.61 Å². The van der Waals surface area contributed by atoms with Crippen LogP contribution in [0.1, 0.15) is 37.6 Å². The number of ether oxygens (including phenoxy) is 1. The Bertz CT molecular complexity index is 558. The highest BCUT2D eigenvalue weighted by atomic mass is 16.5. The zero-order chi connectivity index (χ0) is 15.6. The van der Waals surface area contributed by atoms with E-state index in [1.807, 2.05) is 24.5 Å². The van der Waals surface area contributed by atoms with Crippen LogP contribution in [0.3, 0.4) is 0 Å². The van der Waals surface area contributed by atoms with Crippen molar-refractivity contribution in [2.75, 3.05) is 26.8 Å². The van der Waals surface area contributed by atoms with Crippen molar-refractivity contribution < 1.29 is 4.74 Å². The van der Waals surface area contributed by atoms with E-state index >= 15 is 0 Å². The molecule has 0 fully saturated rings. The van der Waals surface area contributed by atoms with Crippen LogP contribution in [0.25, 0.3) is 0 Å². The second-order valence-electron chi connectivity index (χ2n) is 6.32. The Hall–Kier alpha value is -1.17. The molecular formula is C16H27N3O2. The van der Waals surface area contributed by atoms with E-state index in [1.54, 1.807) is 7.11 Å². The van der Waals surface area contributed by atoms with E-state index in [0.717, 1.165) is 31.7 Å². The molecule has 2 N–H and O–H groups in total. The van der Waals surface area contributed by atoms with E-state index in [0.29, 0.717) is 18.7 Å². The zero-order valence-corrected chi connectivity index (χ0v) is 13.6. The van der Waals surface area contributed by atoms with Crippen LogP contribution in [-0.2, 0) is 29.8 Å². The molecule has 0 saturated heterocycles. The van der Waals surface area contributed by atoms with Crippen molar-refractivity contribution >= 4 is 0 Å². The molecule has 5 nitrogen and oxygen atoms in total. The average Bonchev–Trinajstić information content (AvgIpc) is 2.44. The summed E-state index contributed by atoms with van der Waals surface area (Å²) in [5.41, 5.74) is 8.67. The lowest BCUT2D eigenvalue weighted by Gasteiger charge is -2.31. The number of nitrogens with zero attached hydrogens (tertiary/aromatic N) is 2. The molecule has 1 aliphatic rings. The van der Waals surface area contributed by atoms with Gasteiger partial charge in [-0.1, -0.05) is 6.92 Å². The Morgan fingerprint density at radius 3 is 2.71 bits per heavy atom. The summed E-state index contributed by atoms with van der Waals surface area (Å²) in [6.07, 6.45) is 0.910. The maximum atomic E-state index is 12.8. The summed E-state index contributed by atoms with van der Waals surface area (Å²) in [4.78, 5) is 15.1. The minimum absolute atomic E-state index is 0.0308. The van der Waals surface area contributed by atoms with Crippen LogP contribution in [0.5, 0.6) is 0 Å². The molecule has 5 heteroatoms. The lowest BCUT2D eigenvalue weighted by Crippen LogP contribution is -2.42. The number of fused-ring (bicyclic) bond motifs is 1. The van der Waals surface area contributed by atoms with Gasteiger partial charge < -0.3 is 15.0 Å². The Kier molecular flexibility index (Phi) is 4.86. The van der Waals surface area contributed by atoms with Crippen LogP contribution < -0.4 is 11.3 Å². The third-order valence-corrected chi connectivity index (χ3v) is 4.21. The topological polar surface area (TPSA) is 60.5 Å². The van der Waals surface area contributed by atoms with Crippen LogP contribution in [0, 0.1) is 0 Å². The smallest absolute Gasteiger partial charge is 0.255 e. The molecule has 2 rings (SSSR count). The van der Waals surface area contributed by atoms with Crippen molar-refractivity contribution in [2.24, 2.45) is 5.73 Å². The molecule has 21 heavy (non-hydrogen) atoms. The highest BCUT2D eigenvalue weighted by Gasteiger charge is 2.26. The van der Waals surface area contributed by atoms with Crippen LogP contribution in [0.2, 0.25) is 0 Å². The average molecular weight is 293 g/mol. The fraction of sp³-hybridized carbons (Fsp3) is 0.688. The van der Waals surface area contributed by atoms with E-state index in [-0.39, 0.29) is 5.56 Å². The maximum Gasteiger partial charge on any atom is 0.255 e. The Balaban J connectivity index is 2.54. The van der Waals surface area contributed by atoms with E-state index in [1.165, 1.54) is 5.56 Å². The number of rotatable bonds is 5. The van der Waals surface area contributed by atoms with Crippen LogP contribution in [-0.4, -0.2) is 36.3 Å². The molecule has 0 bridgehead atoms. The number of nitrogens with two attached hydrogens (primary N) is 1. The van der Waals surface area contributed by atoms with E-state index in [2.05, 4.69) is 11.8 Å². The summed E-state index contributed by atoms with van der Waals surface area (Å²) in [7, 11) is 1.66. The first kappa shape index (κ1) is 16.2. The largest absolute Gasteiger partial charge is 0.383 e. The monoisotopic (exact) mass is 293 g/mol. The van der Waals surface area contributed by atoms with Crippen LogP contribution in [0.15, 0.2) is 10.9 Å². The predicted molar refractivity (Wildman–Crippen MR) is 84.4 cm³/mol. The fourth-order valence-corrected chi connectivity index (χ4v) is 2.93. The molecule has 0 spiro atoms. The van der Waals surface area contributed by atoms with E-state index in [9.17, 15) is 4.79 Å². The van der Waals surface area contributed by atoms with Crippen molar-refractivity contribution in [3.8, 4) is 0 Å². The molecule has 1 aromatic heterocycles. The molecule has 0 radical (unpaired) electrons. The summed E-state index contributed by atoms with van der Waals surface area (Å²) >= 11 is 0. The first-order valence-corrected chi connectivity index (χ1v) is 7.64. The first-order chi connectivity index (χ1) is 9.88. The summed E-state index contributed by atoms with van der Waals surface area (Å²) in [6.45, 7) is 9.99. The standard InChI is InChI=1S/C16H27N3O2/c1-5-18-7-6-14-12(11-18)10-13(16(2,3)17)15(20)19(14)8-9-21-4/h10H,5-9,11,17H2,1-4H3. The molecule has 0 aliphatic carbocycles. The molecule has 1 aromatic rings. The third-order valence-electron chi connectivity index (χ3n) is 4.21. The van der Waals surface area contributed by atoms with Crippen molar-refractivity contribution in [3.05, 3.63) is 33.2 Å². The second-order valence-corrected chi connectivity index (χ2v) is 6.32. The fourth-order valence-electron chi connectivity index (χ4n) is 2.93. The van der Waals surface area contributed by atoms with Crippen LogP contribution in [0.4, 0.5) is 0 Å². The summed E-state index contributed by atoms with van der Waals surface area (Å²) in [5, 5.41) is 0. The van der Waals surface area contributed by atoms with Crippen molar-refractivity contribution in [1.29, 1.82) is 0 Å². The van der Waals surface area contributed by atoms with E-state index < -0.39 is 5.54 Å². The minimum Gasteiger partial charge on any atom is -0.383 e. The highest BCUT2D eigenvalue weighted by molar-refractivity contribution is 5.32. The highest BCUT2D eigenvalue weighted by Crippen LogP contribution is 2.22. The van der Waals surface area contributed by atoms with Gasteiger partial charge in [0.1, 0.15) is 0 Å². The molecule has 0 saturated carbocycles. The van der Waals surface area contributed by atoms with Gasteiger partial charge in [-0.25, -0.2) is 0 Å². The van der Waals surface area contributed by atoms with Gasteiger partial charge in [-0.05, 0) is 32.0 Å². The molecule has 0 atom stereocenters. The molecule has 1 aliphatic heterocycles. The van der Waals surface area contributed by atoms with Gasteiger partial charge in [0, 0.05) is 50.0 Å². The first-order valence-electron chi connectivity index (χ1n) is 7.64. The quantitative estimate of drug-likeness (QED) is 0.882. The lowest BCUT2D eigenvalue weighted by atomic mass is 9.93. The number of hydrogen-bond acceptors (Lipinski definition) is 4. The van der Waals surface area contributed by atoms with Gasteiger partial charge in [0.15, 0.2) is 0 Å². The molecule has 118 valence electrons. The van der Waals surface area contributed by atoms with Gasteiger partial charge in [0.25, 0.3) is 5.56 Å². The third kappa shape index (κ3) is 3.36.